The molecule has 1 fully saturated rings. The Morgan fingerprint density at radius 2 is 2.07 bits per heavy atom. The quantitative estimate of drug-likeness (QED) is 0.444. The summed E-state index contributed by atoms with van der Waals surface area (Å²) in [5.74, 6) is 1.24. The van der Waals surface area contributed by atoms with Crippen LogP contribution in [0.3, 0.4) is 0 Å². The molecule has 1 saturated heterocycles. The summed E-state index contributed by atoms with van der Waals surface area (Å²) in [6.45, 7) is 3.91. The van der Waals surface area contributed by atoms with Gasteiger partial charge in [-0.3, -0.25) is 4.79 Å². The molecule has 0 aliphatic carbocycles. The second-order valence-corrected chi connectivity index (χ2v) is 8.57. The molecular formula is C21H23ClN6OS. The van der Waals surface area contributed by atoms with E-state index in [4.69, 9.17) is 11.6 Å². The molecule has 7 nitrogen and oxygen atoms in total. The Morgan fingerprint density at radius 3 is 2.87 bits per heavy atom. The standard InChI is InChI=1S/C21H23ClN6OS/c1-13-5-2-7-15(22)19(13)28-20(29)16-12-24-21(30-16)27-18-9-3-8-17(26-18)25-14-6-4-10-23-11-14/h2-3,5,7-9,12,14,23H,4,6,10-11H2,1H3,(H,28,29)(H2,24,25,26,27)/t14-/m0/s1. The third-order valence-corrected chi connectivity index (χ3v) is 6.05. The highest BCUT2D eigenvalue weighted by Crippen LogP contribution is 2.28. The third kappa shape index (κ3) is 5.08. The summed E-state index contributed by atoms with van der Waals surface area (Å²) in [5.41, 5.74) is 1.52. The van der Waals surface area contributed by atoms with Crippen LogP contribution in [0.4, 0.5) is 22.5 Å². The molecule has 9 heteroatoms. The minimum atomic E-state index is -0.245. The number of halogens is 1. The number of carbonyl (C=O) groups excluding carboxylic acids is 1. The molecular weight excluding hydrogens is 420 g/mol. The van der Waals surface area contributed by atoms with Gasteiger partial charge in [0.05, 0.1) is 16.9 Å². The normalized spacial score (nSPS) is 16.1. The Hall–Kier alpha value is -2.68. The number of aryl methyl sites for hydroxylation is 1. The van der Waals surface area contributed by atoms with Crippen LogP contribution in [0.1, 0.15) is 28.1 Å². The number of nitrogens with zero attached hydrogens (tertiary/aromatic N) is 2. The summed E-state index contributed by atoms with van der Waals surface area (Å²) in [6, 6.07) is 11.6. The lowest BCUT2D eigenvalue weighted by atomic mass is 10.1. The number of hydrogen-bond donors (Lipinski definition) is 4. The van der Waals surface area contributed by atoms with Crippen LogP contribution in [0.2, 0.25) is 5.02 Å². The fraction of sp³-hybridized carbons (Fsp3) is 0.286. The van der Waals surface area contributed by atoms with E-state index in [9.17, 15) is 4.79 Å². The van der Waals surface area contributed by atoms with Gasteiger partial charge >= 0.3 is 0 Å². The van der Waals surface area contributed by atoms with Crippen molar-refractivity contribution in [2.75, 3.05) is 29.0 Å². The van der Waals surface area contributed by atoms with Gasteiger partial charge in [-0.25, -0.2) is 9.97 Å². The van der Waals surface area contributed by atoms with E-state index in [0.29, 0.717) is 32.6 Å². The van der Waals surface area contributed by atoms with E-state index in [-0.39, 0.29) is 5.91 Å². The van der Waals surface area contributed by atoms with Gasteiger partial charge in [0, 0.05) is 12.6 Å². The number of anilines is 4. The van der Waals surface area contributed by atoms with Gasteiger partial charge in [-0.15, -0.1) is 0 Å². The Labute approximate surface area is 184 Å². The van der Waals surface area contributed by atoms with E-state index in [0.717, 1.165) is 37.3 Å². The lowest BCUT2D eigenvalue weighted by molar-refractivity contribution is 0.103. The number of pyridine rings is 1. The molecule has 1 aliphatic heterocycles. The molecule has 0 saturated carbocycles. The minimum absolute atomic E-state index is 0.245. The van der Waals surface area contributed by atoms with Crippen molar-refractivity contribution in [3.8, 4) is 0 Å². The maximum absolute atomic E-state index is 12.6. The van der Waals surface area contributed by atoms with E-state index < -0.39 is 0 Å². The molecule has 1 aliphatic rings. The first-order valence-electron chi connectivity index (χ1n) is 9.82. The Balaban J connectivity index is 1.40. The van der Waals surface area contributed by atoms with Gasteiger partial charge in [0.15, 0.2) is 5.13 Å². The molecule has 4 N–H and O–H groups in total. The third-order valence-electron chi connectivity index (χ3n) is 4.82. The molecule has 1 aromatic carbocycles. The maximum Gasteiger partial charge on any atom is 0.267 e. The topological polar surface area (TPSA) is 91.0 Å². The van der Waals surface area contributed by atoms with Gasteiger partial charge in [-0.05, 0) is 50.1 Å². The highest BCUT2D eigenvalue weighted by molar-refractivity contribution is 7.17. The second-order valence-electron chi connectivity index (χ2n) is 7.14. The van der Waals surface area contributed by atoms with Crippen molar-refractivity contribution < 1.29 is 4.79 Å². The van der Waals surface area contributed by atoms with E-state index in [1.54, 1.807) is 12.3 Å². The number of benzene rings is 1. The van der Waals surface area contributed by atoms with Crippen molar-refractivity contribution in [1.29, 1.82) is 0 Å². The first-order chi connectivity index (χ1) is 14.6. The van der Waals surface area contributed by atoms with Crippen LogP contribution in [0.15, 0.2) is 42.6 Å². The Bertz CT molecular complexity index is 1010. The zero-order valence-corrected chi connectivity index (χ0v) is 18.1. The van der Waals surface area contributed by atoms with Crippen molar-refractivity contribution in [1.82, 2.24) is 15.3 Å². The van der Waals surface area contributed by atoms with Crippen molar-refractivity contribution in [2.24, 2.45) is 0 Å². The molecule has 30 heavy (non-hydrogen) atoms. The average Bonchev–Trinajstić information content (AvgIpc) is 3.20. The van der Waals surface area contributed by atoms with Gasteiger partial charge in [0.1, 0.15) is 16.5 Å². The fourth-order valence-electron chi connectivity index (χ4n) is 3.28. The summed E-state index contributed by atoms with van der Waals surface area (Å²) in [6.07, 6.45) is 3.83. The summed E-state index contributed by atoms with van der Waals surface area (Å²) < 4.78 is 0. The van der Waals surface area contributed by atoms with Crippen molar-refractivity contribution in [2.45, 2.75) is 25.8 Å². The molecule has 1 amide bonds. The van der Waals surface area contributed by atoms with Gasteiger partial charge in [-0.2, -0.15) is 0 Å². The number of nitrogens with one attached hydrogen (secondary N) is 4. The van der Waals surface area contributed by atoms with Gasteiger partial charge in [-0.1, -0.05) is 41.1 Å². The Kier molecular flexibility index (Phi) is 6.47. The summed E-state index contributed by atoms with van der Waals surface area (Å²) >= 11 is 7.46. The van der Waals surface area contributed by atoms with Crippen molar-refractivity contribution in [3.63, 3.8) is 0 Å². The van der Waals surface area contributed by atoms with E-state index in [2.05, 4.69) is 31.2 Å². The molecule has 3 aromatic rings. The predicted molar refractivity (Wildman–Crippen MR) is 123 cm³/mol. The largest absolute Gasteiger partial charge is 0.366 e. The fourth-order valence-corrected chi connectivity index (χ4v) is 4.27. The van der Waals surface area contributed by atoms with Crippen LogP contribution < -0.4 is 21.3 Å². The van der Waals surface area contributed by atoms with Gasteiger partial charge < -0.3 is 21.3 Å². The molecule has 0 radical (unpaired) electrons. The molecule has 2 aromatic heterocycles. The van der Waals surface area contributed by atoms with Crippen LogP contribution in [0.25, 0.3) is 0 Å². The van der Waals surface area contributed by atoms with E-state index in [1.807, 2.05) is 37.3 Å². The number of hydrogen-bond acceptors (Lipinski definition) is 7. The summed E-state index contributed by atoms with van der Waals surface area (Å²) in [7, 11) is 0. The summed E-state index contributed by atoms with van der Waals surface area (Å²) in [5, 5.41) is 14.0. The monoisotopic (exact) mass is 442 g/mol. The molecule has 1 atom stereocenters. The van der Waals surface area contributed by atoms with Crippen LogP contribution >= 0.6 is 22.9 Å². The van der Waals surface area contributed by atoms with Crippen LogP contribution in [-0.4, -0.2) is 35.0 Å². The molecule has 3 heterocycles. The number of rotatable bonds is 6. The average molecular weight is 443 g/mol. The molecule has 0 bridgehead atoms. The van der Waals surface area contributed by atoms with E-state index >= 15 is 0 Å². The Morgan fingerprint density at radius 1 is 1.23 bits per heavy atom. The smallest absolute Gasteiger partial charge is 0.267 e. The molecule has 156 valence electrons. The maximum atomic E-state index is 12.6. The number of thiazole rings is 1. The van der Waals surface area contributed by atoms with Crippen molar-refractivity contribution in [3.05, 3.63) is 58.1 Å². The number of carbonyl (C=O) groups is 1. The number of amides is 1. The lowest BCUT2D eigenvalue weighted by Gasteiger charge is -2.24. The van der Waals surface area contributed by atoms with Crippen LogP contribution in [0.5, 0.6) is 0 Å². The highest BCUT2D eigenvalue weighted by atomic mass is 35.5. The van der Waals surface area contributed by atoms with E-state index in [1.165, 1.54) is 11.3 Å². The zero-order chi connectivity index (χ0) is 20.9. The number of aromatic nitrogens is 2. The minimum Gasteiger partial charge on any atom is -0.366 e. The first-order valence-corrected chi connectivity index (χ1v) is 11.0. The van der Waals surface area contributed by atoms with Crippen molar-refractivity contribution >= 4 is 51.3 Å². The number of para-hydroxylation sites is 1. The SMILES string of the molecule is Cc1cccc(Cl)c1NC(=O)c1cnc(Nc2cccc(N[C@H]3CCCNC3)n2)s1. The highest BCUT2D eigenvalue weighted by Gasteiger charge is 2.15. The number of piperidine rings is 1. The van der Waals surface area contributed by atoms with Gasteiger partial charge in [0.2, 0.25) is 0 Å². The molecule has 4 rings (SSSR count). The molecule has 0 spiro atoms. The molecule has 0 unspecified atom stereocenters. The van der Waals surface area contributed by atoms with Gasteiger partial charge in [0.25, 0.3) is 5.91 Å². The van der Waals surface area contributed by atoms with Crippen LogP contribution in [-0.2, 0) is 0 Å². The summed E-state index contributed by atoms with van der Waals surface area (Å²) in [4.78, 5) is 22.0. The predicted octanol–water partition coefficient (Wildman–Crippen LogP) is 4.66. The first kappa shape index (κ1) is 20.6. The second kappa shape index (κ2) is 9.42. The van der Waals surface area contributed by atoms with Crippen LogP contribution in [0, 0.1) is 6.92 Å². The zero-order valence-electron chi connectivity index (χ0n) is 16.5. The lowest BCUT2D eigenvalue weighted by Crippen LogP contribution is -2.38.